The van der Waals surface area contributed by atoms with E-state index in [0.717, 1.165) is 31.3 Å². The molecule has 4 nitrogen and oxygen atoms in total. The van der Waals surface area contributed by atoms with Crippen molar-refractivity contribution in [2.24, 2.45) is 10.7 Å². The van der Waals surface area contributed by atoms with Gasteiger partial charge in [-0.15, -0.1) is 11.3 Å². The first kappa shape index (κ1) is 18.6. The van der Waals surface area contributed by atoms with Crippen molar-refractivity contribution >= 4 is 47.2 Å². The van der Waals surface area contributed by atoms with Gasteiger partial charge in [-0.3, -0.25) is 4.99 Å². The van der Waals surface area contributed by atoms with Crippen molar-refractivity contribution in [1.82, 2.24) is 0 Å². The summed E-state index contributed by atoms with van der Waals surface area (Å²) in [5, 5.41) is 2.04. The molecule has 2 heterocycles. The number of hydrogen-bond donors (Lipinski definition) is 1. The number of nitrogens with zero attached hydrogens (tertiary/aromatic N) is 1. The zero-order chi connectivity index (χ0) is 20.4. The minimum atomic E-state index is -3.36. The molecule has 0 bridgehead atoms. The van der Waals surface area contributed by atoms with Gasteiger partial charge in [-0.25, -0.2) is 12.8 Å². The van der Waals surface area contributed by atoms with E-state index in [1.54, 1.807) is 11.3 Å². The molecule has 7 heteroatoms. The first-order chi connectivity index (χ1) is 13.8. The Balaban J connectivity index is 1.68. The summed E-state index contributed by atoms with van der Waals surface area (Å²) in [6, 6.07) is 11.8. The Bertz CT molecular complexity index is 1370. The minimum absolute atomic E-state index is 0.0402. The highest BCUT2D eigenvalue weighted by Gasteiger charge is 2.62. The van der Waals surface area contributed by atoms with E-state index in [0.29, 0.717) is 12.8 Å². The van der Waals surface area contributed by atoms with Crippen LogP contribution in [-0.2, 0) is 15.4 Å². The molecule has 0 radical (unpaired) electrons. The summed E-state index contributed by atoms with van der Waals surface area (Å²) in [5.74, 6) is 5.48. The molecule has 3 aromatic rings. The van der Waals surface area contributed by atoms with Crippen molar-refractivity contribution in [2.45, 2.75) is 30.1 Å². The zero-order valence-corrected chi connectivity index (χ0v) is 17.5. The Morgan fingerprint density at radius 3 is 2.52 bits per heavy atom. The summed E-state index contributed by atoms with van der Waals surface area (Å²) in [5.41, 5.74) is 6.81. The molecule has 1 saturated carbocycles. The van der Waals surface area contributed by atoms with Crippen molar-refractivity contribution in [3.8, 4) is 11.8 Å². The fourth-order valence-electron chi connectivity index (χ4n) is 4.22. The number of hydrogen-bond acceptors (Lipinski definition) is 5. The van der Waals surface area contributed by atoms with E-state index in [9.17, 15) is 12.8 Å². The summed E-state index contributed by atoms with van der Waals surface area (Å²) in [7, 11) is -3.36. The Hall–Kier alpha value is -2.43. The third kappa shape index (κ3) is 2.70. The maximum atomic E-state index is 12.9. The first-order valence-corrected chi connectivity index (χ1v) is 11.8. The third-order valence-electron chi connectivity index (χ3n) is 6.00. The molecule has 2 aromatic carbocycles. The molecule has 5 rings (SSSR count). The lowest BCUT2D eigenvalue weighted by molar-refractivity contribution is 0.513. The number of halogens is 1. The molecule has 148 valence electrons. The van der Waals surface area contributed by atoms with Gasteiger partial charge in [0.1, 0.15) is 10.6 Å². The van der Waals surface area contributed by atoms with Gasteiger partial charge in [0, 0.05) is 25.7 Å². The van der Waals surface area contributed by atoms with Crippen LogP contribution in [0.5, 0.6) is 0 Å². The van der Waals surface area contributed by atoms with Gasteiger partial charge in [0.25, 0.3) is 0 Å². The number of nitrogens with two attached hydrogens (primary N) is 1. The highest BCUT2D eigenvalue weighted by molar-refractivity contribution is 7.94. The van der Waals surface area contributed by atoms with Crippen LogP contribution >= 0.6 is 11.3 Å². The first-order valence-electron chi connectivity index (χ1n) is 9.38. The van der Waals surface area contributed by atoms with Crippen LogP contribution in [0.1, 0.15) is 30.9 Å². The van der Waals surface area contributed by atoms with Crippen LogP contribution in [0.2, 0.25) is 0 Å². The Kier molecular flexibility index (Phi) is 3.87. The molecule has 29 heavy (non-hydrogen) atoms. The van der Waals surface area contributed by atoms with Gasteiger partial charge in [-0.2, -0.15) is 0 Å². The topological polar surface area (TPSA) is 72.5 Å². The van der Waals surface area contributed by atoms with Gasteiger partial charge in [-0.1, -0.05) is 17.9 Å². The molecule has 1 aromatic heterocycles. The summed E-state index contributed by atoms with van der Waals surface area (Å²) < 4.78 is 39.5. The van der Waals surface area contributed by atoms with E-state index in [2.05, 4.69) is 16.8 Å². The Morgan fingerprint density at radius 1 is 1.17 bits per heavy atom. The molecule has 0 amide bonds. The number of thiophene rings is 1. The van der Waals surface area contributed by atoms with E-state index in [1.165, 1.54) is 0 Å². The highest BCUT2D eigenvalue weighted by atomic mass is 32.2. The second-order valence-electron chi connectivity index (χ2n) is 7.98. The highest BCUT2D eigenvalue weighted by Crippen LogP contribution is 2.50. The van der Waals surface area contributed by atoms with E-state index >= 15 is 0 Å². The zero-order valence-electron chi connectivity index (χ0n) is 15.8. The van der Waals surface area contributed by atoms with Crippen molar-refractivity contribution < 1.29 is 12.8 Å². The second-order valence-corrected chi connectivity index (χ2v) is 11.4. The van der Waals surface area contributed by atoms with E-state index < -0.39 is 26.8 Å². The lowest BCUT2D eigenvalue weighted by Gasteiger charge is -2.34. The van der Waals surface area contributed by atoms with Crippen LogP contribution < -0.4 is 5.73 Å². The van der Waals surface area contributed by atoms with Crippen molar-refractivity contribution in [1.29, 1.82) is 0 Å². The lowest BCUT2D eigenvalue weighted by Crippen LogP contribution is -2.50. The lowest BCUT2D eigenvalue weighted by atomic mass is 9.92. The van der Waals surface area contributed by atoms with E-state index in [1.807, 2.05) is 43.3 Å². The monoisotopic (exact) mass is 426 g/mol. The molecule has 1 fully saturated rings. The van der Waals surface area contributed by atoms with E-state index in [4.69, 9.17) is 5.73 Å². The Labute approximate surface area is 172 Å². The third-order valence-corrected chi connectivity index (χ3v) is 9.90. The summed E-state index contributed by atoms with van der Waals surface area (Å²) in [6.45, 7) is 1.15. The minimum Gasteiger partial charge on any atom is -0.386 e. The molecule has 0 unspecified atom stereocenters. The van der Waals surface area contributed by atoms with Crippen LogP contribution in [0.4, 0.5) is 4.39 Å². The van der Waals surface area contributed by atoms with Crippen LogP contribution in [0.25, 0.3) is 20.2 Å². The maximum Gasteiger partial charge on any atom is 0.165 e. The average molecular weight is 427 g/mol. The van der Waals surface area contributed by atoms with E-state index in [-0.39, 0.29) is 11.6 Å². The van der Waals surface area contributed by atoms with Crippen LogP contribution in [0.3, 0.4) is 0 Å². The number of rotatable bonds is 1. The molecule has 2 N–H and O–H groups in total. The molecule has 2 aliphatic rings. The van der Waals surface area contributed by atoms with Crippen molar-refractivity contribution in [3.63, 3.8) is 0 Å². The van der Waals surface area contributed by atoms with Gasteiger partial charge in [0.15, 0.2) is 16.5 Å². The molecule has 1 aliphatic carbocycles. The van der Waals surface area contributed by atoms with Gasteiger partial charge in [0.2, 0.25) is 0 Å². The molecule has 1 atom stereocenters. The largest absolute Gasteiger partial charge is 0.386 e. The second kappa shape index (κ2) is 6.04. The number of alkyl halides is 1. The van der Waals surface area contributed by atoms with Crippen LogP contribution in [0.15, 0.2) is 41.4 Å². The molecular weight excluding hydrogens is 407 g/mol. The quantitative estimate of drug-likeness (QED) is 0.600. The fraction of sp³-hybridized carbons (Fsp3) is 0.318. The van der Waals surface area contributed by atoms with Crippen LogP contribution in [-0.4, -0.2) is 31.4 Å². The molecular formula is C22H19FN2O2S2. The Morgan fingerprint density at radius 2 is 1.86 bits per heavy atom. The average Bonchev–Trinajstić information content (AvgIpc) is 3.42. The SMILES string of the molecule is C[C@@]1(c2ccc3sc4ccc(C#CCF)cc4c3c2)CS(=O)(=O)C2(CC2)C(N)=N1. The number of sulfone groups is 1. The number of benzene rings is 2. The smallest absolute Gasteiger partial charge is 0.165 e. The predicted molar refractivity (Wildman–Crippen MR) is 117 cm³/mol. The maximum absolute atomic E-state index is 12.9. The van der Waals surface area contributed by atoms with Gasteiger partial charge in [-0.05, 0) is 55.7 Å². The van der Waals surface area contributed by atoms with Gasteiger partial charge >= 0.3 is 0 Å². The standard InChI is InChI=1S/C22H19FN2O2S2/c1-21(13-29(26,27)22(8-9-22)20(24)25-21)15-5-7-19-17(12-15)16-11-14(3-2-10-23)4-6-18(16)28-19/h4-7,11-12H,8-10,13H2,1H3,(H2,24,25)/t21-/m0/s1. The van der Waals surface area contributed by atoms with Gasteiger partial charge < -0.3 is 5.73 Å². The molecule has 1 spiro atoms. The molecule has 0 saturated heterocycles. The summed E-state index contributed by atoms with van der Waals surface area (Å²) in [6.07, 6.45) is 1.13. The normalized spacial score (nSPS) is 24.3. The molecule has 1 aliphatic heterocycles. The fourth-order valence-corrected chi connectivity index (χ4v) is 7.62. The number of amidine groups is 1. The number of fused-ring (bicyclic) bond motifs is 3. The summed E-state index contributed by atoms with van der Waals surface area (Å²) in [4.78, 5) is 4.68. The van der Waals surface area contributed by atoms with Crippen molar-refractivity contribution in [2.75, 3.05) is 12.4 Å². The predicted octanol–water partition coefficient (Wildman–Crippen LogP) is 3.91. The van der Waals surface area contributed by atoms with Gasteiger partial charge in [0.05, 0.1) is 11.3 Å². The number of aliphatic imine (C=N–C) groups is 1. The summed E-state index contributed by atoms with van der Waals surface area (Å²) >= 11 is 1.66. The van der Waals surface area contributed by atoms with Crippen LogP contribution in [0, 0.1) is 11.8 Å². The van der Waals surface area contributed by atoms with Crippen molar-refractivity contribution in [3.05, 3.63) is 47.5 Å².